The predicted molar refractivity (Wildman–Crippen MR) is 66.8 cm³/mol. The first kappa shape index (κ1) is 10.9. The largest absolute Gasteiger partial charge is 0.505 e. The van der Waals surface area contributed by atoms with Crippen LogP contribution >= 0.6 is 0 Å². The number of hydrogen-bond donors (Lipinski definition) is 1. The molecule has 1 aromatic carbocycles. The lowest BCUT2D eigenvalue weighted by Crippen LogP contribution is -2.10. The van der Waals surface area contributed by atoms with Gasteiger partial charge in [0.25, 0.3) is 0 Å². The molecule has 84 valence electrons. The average molecular weight is 215 g/mol. The number of benzene rings is 1. The molecule has 0 radical (unpaired) electrons. The van der Waals surface area contributed by atoms with E-state index in [1.807, 2.05) is 19.2 Å². The molecule has 2 nitrogen and oxygen atoms in total. The van der Waals surface area contributed by atoms with Gasteiger partial charge in [0, 0.05) is 17.0 Å². The van der Waals surface area contributed by atoms with Gasteiger partial charge < -0.3 is 5.11 Å². The maximum atomic E-state index is 9.89. The summed E-state index contributed by atoms with van der Waals surface area (Å²) in [5, 5.41) is 11.8. The second kappa shape index (κ2) is 3.48. The van der Waals surface area contributed by atoms with E-state index in [0.717, 1.165) is 10.8 Å². The molecule has 0 unspecified atom stereocenters. The summed E-state index contributed by atoms with van der Waals surface area (Å²) >= 11 is 0. The van der Waals surface area contributed by atoms with Crippen LogP contribution in [0, 0.1) is 6.92 Å². The number of fused-ring (bicyclic) bond motifs is 1. The van der Waals surface area contributed by atoms with Crippen molar-refractivity contribution in [2.75, 3.05) is 0 Å². The van der Waals surface area contributed by atoms with Crippen LogP contribution in [0.2, 0.25) is 0 Å². The monoisotopic (exact) mass is 215 g/mol. The number of aromatic hydroxyl groups is 1. The predicted octanol–water partition coefficient (Wildman–Crippen LogP) is 3.55. The molecule has 0 atom stereocenters. The van der Waals surface area contributed by atoms with Crippen molar-refractivity contribution < 1.29 is 5.11 Å². The van der Waals surface area contributed by atoms with Gasteiger partial charge in [-0.15, -0.1) is 0 Å². The minimum Gasteiger partial charge on any atom is -0.505 e. The third-order valence-electron chi connectivity index (χ3n) is 2.91. The molecule has 0 fully saturated rings. The molecule has 1 N–H and O–H groups in total. The first-order valence-electron chi connectivity index (χ1n) is 5.48. The standard InChI is InChI=1S/C14H17NO/c1-9-13(16)12-6-5-11(14(2,3)4)7-10(12)8-15-9/h5-8,16H,1-4H3. The van der Waals surface area contributed by atoms with Crippen LogP contribution < -0.4 is 0 Å². The second-order valence-electron chi connectivity index (χ2n) is 5.24. The van der Waals surface area contributed by atoms with E-state index in [-0.39, 0.29) is 11.2 Å². The fraction of sp³-hybridized carbons (Fsp3) is 0.357. The normalized spacial score (nSPS) is 12.0. The van der Waals surface area contributed by atoms with Crippen LogP contribution in [0.3, 0.4) is 0 Å². The Morgan fingerprint density at radius 1 is 1.19 bits per heavy atom. The Morgan fingerprint density at radius 3 is 2.50 bits per heavy atom. The van der Waals surface area contributed by atoms with Gasteiger partial charge in [-0.25, -0.2) is 0 Å². The van der Waals surface area contributed by atoms with Gasteiger partial charge in [0.05, 0.1) is 5.69 Å². The smallest absolute Gasteiger partial charge is 0.144 e. The number of pyridine rings is 1. The third kappa shape index (κ3) is 1.75. The van der Waals surface area contributed by atoms with Crippen molar-refractivity contribution in [3.63, 3.8) is 0 Å². The Balaban J connectivity index is 2.70. The SMILES string of the molecule is Cc1ncc2cc(C(C)(C)C)ccc2c1O. The molecule has 0 aliphatic rings. The van der Waals surface area contributed by atoms with Gasteiger partial charge in [0.2, 0.25) is 0 Å². The molecule has 1 heterocycles. The summed E-state index contributed by atoms with van der Waals surface area (Å²) in [6.45, 7) is 8.34. The summed E-state index contributed by atoms with van der Waals surface area (Å²) in [5.41, 5.74) is 2.05. The van der Waals surface area contributed by atoms with Crippen molar-refractivity contribution in [3.05, 3.63) is 35.7 Å². The molecule has 0 aliphatic heterocycles. The van der Waals surface area contributed by atoms with Crippen molar-refractivity contribution in [2.45, 2.75) is 33.1 Å². The fourth-order valence-electron chi connectivity index (χ4n) is 1.77. The van der Waals surface area contributed by atoms with E-state index in [4.69, 9.17) is 0 Å². The van der Waals surface area contributed by atoms with Gasteiger partial charge in [0.1, 0.15) is 5.75 Å². The molecule has 16 heavy (non-hydrogen) atoms. The molecular weight excluding hydrogens is 198 g/mol. The van der Waals surface area contributed by atoms with E-state index >= 15 is 0 Å². The van der Waals surface area contributed by atoms with Gasteiger partial charge in [0.15, 0.2) is 0 Å². The van der Waals surface area contributed by atoms with Crippen molar-refractivity contribution in [3.8, 4) is 5.75 Å². The van der Waals surface area contributed by atoms with Gasteiger partial charge >= 0.3 is 0 Å². The Kier molecular flexibility index (Phi) is 2.38. The van der Waals surface area contributed by atoms with E-state index in [0.29, 0.717) is 5.69 Å². The summed E-state index contributed by atoms with van der Waals surface area (Å²) in [5.74, 6) is 0.290. The maximum Gasteiger partial charge on any atom is 0.144 e. The summed E-state index contributed by atoms with van der Waals surface area (Å²) in [6.07, 6.45) is 1.82. The highest BCUT2D eigenvalue weighted by Crippen LogP contribution is 2.30. The molecule has 0 bridgehead atoms. The highest BCUT2D eigenvalue weighted by atomic mass is 16.3. The number of rotatable bonds is 0. The van der Waals surface area contributed by atoms with Crippen LogP contribution in [0.15, 0.2) is 24.4 Å². The average Bonchev–Trinajstić information content (AvgIpc) is 2.22. The highest BCUT2D eigenvalue weighted by molar-refractivity contribution is 5.88. The molecule has 0 aliphatic carbocycles. The summed E-state index contributed by atoms with van der Waals surface area (Å²) in [4.78, 5) is 4.18. The molecule has 1 aromatic heterocycles. The zero-order chi connectivity index (χ0) is 11.9. The van der Waals surface area contributed by atoms with E-state index < -0.39 is 0 Å². The molecule has 2 rings (SSSR count). The van der Waals surface area contributed by atoms with Gasteiger partial charge in [-0.05, 0) is 24.0 Å². The zero-order valence-electron chi connectivity index (χ0n) is 10.2. The summed E-state index contributed by atoms with van der Waals surface area (Å²) in [7, 11) is 0. The molecule has 0 saturated heterocycles. The Morgan fingerprint density at radius 2 is 1.88 bits per heavy atom. The van der Waals surface area contributed by atoms with Crippen LogP contribution in [-0.2, 0) is 5.41 Å². The second-order valence-corrected chi connectivity index (χ2v) is 5.24. The van der Waals surface area contributed by atoms with E-state index in [2.05, 4.69) is 37.9 Å². The van der Waals surface area contributed by atoms with E-state index in [9.17, 15) is 5.11 Å². The first-order chi connectivity index (χ1) is 7.39. The summed E-state index contributed by atoms with van der Waals surface area (Å²) < 4.78 is 0. The topological polar surface area (TPSA) is 33.1 Å². The van der Waals surface area contributed by atoms with Crippen LogP contribution in [-0.4, -0.2) is 10.1 Å². The van der Waals surface area contributed by atoms with E-state index in [1.165, 1.54) is 5.56 Å². The molecule has 0 spiro atoms. The lowest BCUT2D eigenvalue weighted by molar-refractivity contribution is 0.474. The molecule has 2 aromatic rings. The van der Waals surface area contributed by atoms with Crippen LogP contribution in [0.1, 0.15) is 32.0 Å². The van der Waals surface area contributed by atoms with Gasteiger partial charge in [-0.3, -0.25) is 4.98 Å². The minimum atomic E-state index is 0.120. The first-order valence-corrected chi connectivity index (χ1v) is 5.48. The quantitative estimate of drug-likeness (QED) is 0.729. The lowest BCUT2D eigenvalue weighted by Gasteiger charge is -2.19. The number of aromatic nitrogens is 1. The maximum absolute atomic E-state index is 9.89. The van der Waals surface area contributed by atoms with Gasteiger partial charge in [-0.2, -0.15) is 0 Å². The van der Waals surface area contributed by atoms with Gasteiger partial charge in [-0.1, -0.05) is 32.9 Å². The number of nitrogens with zero attached hydrogens (tertiary/aromatic N) is 1. The van der Waals surface area contributed by atoms with Crippen molar-refractivity contribution in [1.29, 1.82) is 0 Å². The molecule has 2 heteroatoms. The molecule has 0 saturated carbocycles. The Bertz CT molecular complexity index is 538. The lowest BCUT2D eigenvalue weighted by atomic mass is 9.86. The molecule has 0 amide bonds. The van der Waals surface area contributed by atoms with E-state index in [1.54, 1.807) is 0 Å². The molecular formula is C14H17NO. The Labute approximate surface area is 96.0 Å². The number of hydrogen-bond acceptors (Lipinski definition) is 2. The summed E-state index contributed by atoms with van der Waals surface area (Å²) in [6, 6.07) is 6.14. The van der Waals surface area contributed by atoms with Crippen molar-refractivity contribution >= 4 is 10.8 Å². The van der Waals surface area contributed by atoms with Crippen LogP contribution in [0.5, 0.6) is 5.75 Å². The Hall–Kier alpha value is -1.57. The van der Waals surface area contributed by atoms with Crippen LogP contribution in [0.4, 0.5) is 0 Å². The minimum absolute atomic E-state index is 0.120. The third-order valence-corrected chi connectivity index (χ3v) is 2.91. The van der Waals surface area contributed by atoms with Crippen molar-refractivity contribution in [1.82, 2.24) is 4.98 Å². The van der Waals surface area contributed by atoms with Crippen molar-refractivity contribution in [2.24, 2.45) is 0 Å². The highest BCUT2D eigenvalue weighted by Gasteiger charge is 2.14. The fourth-order valence-corrected chi connectivity index (χ4v) is 1.77. The van der Waals surface area contributed by atoms with Crippen LogP contribution in [0.25, 0.3) is 10.8 Å². The zero-order valence-corrected chi connectivity index (χ0v) is 10.2. The number of aryl methyl sites for hydroxylation is 1.